The van der Waals surface area contributed by atoms with Crippen LogP contribution in [0.4, 0.5) is 5.95 Å². The van der Waals surface area contributed by atoms with Crippen molar-refractivity contribution in [1.29, 1.82) is 0 Å². The van der Waals surface area contributed by atoms with Crippen molar-refractivity contribution >= 4 is 5.95 Å². The quantitative estimate of drug-likeness (QED) is 0.784. The summed E-state index contributed by atoms with van der Waals surface area (Å²) in [5.41, 5.74) is 6.09. The van der Waals surface area contributed by atoms with Crippen LogP contribution in [0.25, 0.3) is 0 Å². The summed E-state index contributed by atoms with van der Waals surface area (Å²) >= 11 is 0. The van der Waals surface area contributed by atoms with Gasteiger partial charge < -0.3 is 24.8 Å². The number of nitrogens with zero attached hydrogens (tertiary/aromatic N) is 4. The van der Waals surface area contributed by atoms with Crippen molar-refractivity contribution in [2.24, 2.45) is 5.73 Å². The SMILES string of the molecule is CN1CCN(c2noc(C3COCCC3N)n2)CC1. The zero-order chi connectivity index (χ0) is 13.2. The Morgan fingerprint density at radius 2 is 2.05 bits per heavy atom. The van der Waals surface area contributed by atoms with Crippen LogP contribution in [-0.4, -0.2) is 67.5 Å². The first-order chi connectivity index (χ1) is 9.24. The molecule has 7 heteroatoms. The monoisotopic (exact) mass is 267 g/mol. The van der Waals surface area contributed by atoms with Crippen LogP contribution >= 0.6 is 0 Å². The van der Waals surface area contributed by atoms with Crippen molar-refractivity contribution in [2.75, 3.05) is 51.3 Å². The molecule has 0 amide bonds. The third-order valence-corrected chi connectivity index (χ3v) is 3.94. The van der Waals surface area contributed by atoms with Crippen LogP contribution < -0.4 is 10.6 Å². The second-order valence-corrected chi connectivity index (χ2v) is 5.36. The fourth-order valence-electron chi connectivity index (χ4n) is 2.52. The Hall–Kier alpha value is -1.18. The Kier molecular flexibility index (Phi) is 3.67. The highest BCUT2D eigenvalue weighted by Gasteiger charge is 2.30. The van der Waals surface area contributed by atoms with Gasteiger partial charge in [0.25, 0.3) is 5.95 Å². The van der Waals surface area contributed by atoms with Gasteiger partial charge in [-0.3, -0.25) is 0 Å². The number of rotatable bonds is 2. The topological polar surface area (TPSA) is 80.7 Å². The minimum Gasteiger partial charge on any atom is -0.381 e. The molecule has 2 saturated heterocycles. The molecule has 2 aliphatic heterocycles. The number of nitrogens with two attached hydrogens (primary N) is 1. The minimum absolute atomic E-state index is 0.0301. The van der Waals surface area contributed by atoms with Gasteiger partial charge in [0.05, 0.1) is 12.5 Å². The Morgan fingerprint density at radius 3 is 2.79 bits per heavy atom. The lowest BCUT2D eigenvalue weighted by molar-refractivity contribution is 0.0590. The van der Waals surface area contributed by atoms with Gasteiger partial charge in [-0.15, -0.1) is 0 Å². The molecule has 0 aliphatic carbocycles. The summed E-state index contributed by atoms with van der Waals surface area (Å²) in [5, 5.41) is 4.08. The van der Waals surface area contributed by atoms with E-state index in [4.69, 9.17) is 15.0 Å². The van der Waals surface area contributed by atoms with E-state index in [1.165, 1.54) is 0 Å². The molecule has 0 saturated carbocycles. The van der Waals surface area contributed by atoms with Crippen LogP contribution in [0.15, 0.2) is 4.52 Å². The number of likely N-dealkylation sites (N-methyl/N-ethyl adjacent to an activating group) is 1. The van der Waals surface area contributed by atoms with Gasteiger partial charge in [0, 0.05) is 38.8 Å². The smallest absolute Gasteiger partial charge is 0.266 e. The molecule has 1 aromatic heterocycles. The molecule has 2 unspecified atom stereocenters. The first-order valence-corrected chi connectivity index (χ1v) is 6.84. The van der Waals surface area contributed by atoms with Crippen LogP contribution in [0, 0.1) is 0 Å². The molecule has 106 valence electrons. The largest absolute Gasteiger partial charge is 0.381 e. The number of aromatic nitrogens is 2. The van der Waals surface area contributed by atoms with Crippen molar-refractivity contribution in [1.82, 2.24) is 15.0 Å². The summed E-state index contributed by atoms with van der Waals surface area (Å²) in [6.07, 6.45) is 0.844. The van der Waals surface area contributed by atoms with Crippen LogP contribution in [0.2, 0.25) is 0 Å². The third kappa shape index (κ3) is 2.72. The van der Waals surface area contributed by atoms with Gasteiger partial charge in [-0.25, -0.2) is 0 Å². The molecule has 3 heterocycles. The predicted octanol–water partition coefficient (Wildman–Crippen LogP) is -0.347. The minimum atomic E-state index is 0.0301. The number of anilines is 1. The molecule has 2 aliphatic rings. The molecule has 0 bridgehead atoms. The first-order valence-electron chi connectivity index (χ1n) is 6.84. The molecule has 1 aromatic rings. The molecule has 2 atom stereocenters. The molecule has 2 fully saturated rings. The summed E-state index contributed by atoms with van der Waals surface area (Å²) in [6.45, 7) is 5.21. The lowest BCUT2D eigenvalue weighted by atomic mass is 9.97. The van der Waals surface area contributed by atoms with Crippen LogP contribution in [0.1, 0.15) is 18.2 Å². The Morgan fingerprint density at radius 1 is 1.26 bits per heavy atom. The maximum atomic E-state index is 6.09. The molecular weight excluding hydrogens is 246 g/mol. The molecule has 0 radical (unpaired) electrons. The van der Waals surface area contributed by atoms with Gasteiger partial charge in [-0.05, 0) is 18.6 Å². The zero-order valence-corrected chi connectivity index (χ0v) is 11.3. The molecule has 0 aromatic carbocycles. The van der Waals surface area contributed by atoms with Gasteiger partial charge in [-0.1, -0.05) is 0 Å². The average Bonchev–Trinajstić information content (AvgIpc) is 2.89. The van der Waals surface area contributed by atoms with E-state index in [1.807, 2.05) is 0 Å². The van der Waals surface area contributed by atoms with Gasteiger partial charge in [0.1, 0.15) is 0 Å². The maximum Gasteiger partial charge on any atom is 0.266 e. The lowest BCUT2D eigenvalue weighted by Gasteiger charge is -2.31. The van der Waals surface area contributed by atoms with Gasteiger partial charge in [-0.2, -0.15) is 4.98 Å². The maximum absolute atomic E-state index is 6.09. The van der Waals surface area contributed by atoms with E-state index in [-0.39, 0.29) is 12.0 Å². The Bertz CT molecular complexity index is 416. The van der Waals surface area contributed by atoms with Gasteiger partial charge >= 0.3 is 0 Å². The molecule has 0 spiro atoms. The second kappa shape index (κ2) is 5.44. The number of ether oxygens (including phenoxy) is 1. The third-order valence-electron chi connectivity index (χ3n) is 3.94. The van der Waals surface area contributed by atoms with Crippen LogP contribution in [0.3, 0.4) is 0 Å². The molecular formula is C12H21N5O2. The normalized spacial score (nSPS) is 29.7. The van der Waals surface area contributed by atoms with Crippen molar-refractivity contribution in [2.45, 2.75) is 18.4 Å². The average molecular weight is 267 g/mol. The highest BCUT2D eigenvalue weighted by Crippen LogP contribution is 2.25. The van der Waals surface area contributed by atoms with E-state index in [9.17, 15) is 0 Å². The zero-order valence-electron chi connectivity index (χ0n) is 11.3. The van der Waals surface area contributed by atoms with E-state index in [0.29, 0.717) is 18.4 Å². The van der Waals surface area contributed by atoms with E-state index < -0.39 is 0 Å². The first kappa shape index (κ1) is 12.8. The van der Waals surface area contributed by atoms with Crippen molar-refractivity contribution in [3.63, 3.8) is 0 Å². The number of hydrogen-bond donors (Lipinski definition) is 1. The molecule has 7 nitrogen and oxygen atoms in total. The standard InChI is InChI=1S/C12H21N5O2/c1-16-3-5-17(6-4-16)12-14-11(19-15-12)9-8-18-7-2-10(9)13/h9-10H,2-8,13H2,1H3. The summed E-state index contributed by atoms with van der Waals surface area (Å²) in [4.78, 5) is 8.95. The van der Waals surface area contributed by atoms with Crippen molar-refractivity contribution in [3.8, 4) is 0 Å². The van der Waals surface area contributed by atoms with Gasteiger partial charge in [0.2, 0.25) is 5.89 Å². The van der Waals surface area contributed by atoms with E-state index in [2.05, 4.69) is 27.0 Å². The van der Waals surface area contributed by atoms with E-state index in [0.717, 1.165) is 39.2 Å². The number of piperazine rings is 1. The van der Waals surface area contributed by atoms with Crippen LogP contribution in [0.5, 0.6) is 0 Å². The predicted molar refractivity (Wildman–Crippen MR) is 70.2 cm³/mol. The molecule has 2 N–H and O–H groups in total. The fourth-order valence-corrected chi connectivity index (χ4v) is 2.52. The second-order valence-electron chi connectivity index (χ2n) is 5.36. The highest BCUT2D eigenvalue weighted by molar-refractivity contribution is 5.29. The molecule has 19 heavy (non-hydrogen) atoms. The Balaban J connectivity index is 1.68. The lowest BCUT2D eigenvalue weighted by Crippen LogP contribution is -2.45. The van der Waals surface area contributed by atoms with Crippen LogP contribution in [-0.2, 0) is 4.74 Å². The van der Waals surface area contributed by atoms with E-state index >= 15 is 0 Å². The summed E-state index contributed by atoms with van der Waals surface area (Å²) < 4.78 is 10.8. The fraction of sp³-hybridized carbons (Fsp3) is 0.833. The summed E-state index contributed by atoms with van der Waals surface area (Å²) in [7, 11) is 2.12. The summed E-state index contributed by atoms with van der Waals surface area (Å²) in [5.74, 6) is 1.32. The van der Waals surface area contributed by atoms with E-state index in [1.54, 1.807) is 0 Å². The van der Waals surface area contributed by atoms with Crippen molar-refractivity contribution in [3.05, 3.63) is 5.89 Å². The summed E-state index contributed by atoms with van der Waals surface area (Å²) in [6, 6.07) is 0.0505. The highest BCUT2D eigenvalue weighted by atomic mass is 16.5. The van der Waals surface area contributed by atoms with Gasteiger partial charge in [0.15, 0.2) is 0 Å². The van der Waals surface area contributed by atoms with Crippen molar-refractivity contribution < 1.29 is 9.26 Å². The Labute approximate surface area is 112 Å². The number of hydrogen-bond acceptors (Lipinski definition) is 7. The molecule has 3 rings (SSSR count).